The van der Waals surface area contributed by atoms with Crippen LogP contribution in [0.5, 0.6) is 0 Å². The van der Waals surface area contributed by atoms with E-state index in [4.69, 9.17) is 0 Å². The zero-order valence-corrected chi connectivity index (χ0v) is 11.5. The second-order valence-corrected chi connectivity index (χ2v) is 6.87. The highest BCUT2D eigenvalue weighted by Crippen LogP contribution is 2.25. The topological polar surface area (TPSA) is 87.7 Å². The molecule has 2 aromatic heterocycles. The number of anilines is 1. The Morgan fingerprint density at radius 1 is 1.37 bits per heavy atom. The van der Waals surface area contributed by atoms with Crippen LogP contribution in [0, 0.1) is 6.92 Å². The summed E-state index contributed by atoms with van der Waals surface area (Å²) in [5.41, 5.74) is 1.38. The maximum absolute atomic E-state index is 12.0. The van der Waals surface area contributed by atoms with E-state index in [0.29, 0.717) is 5.69 Å². The smallest absolute Gasteiger partial charge is 0.265 e. The molecule has 1 aromatic carbocycles. The Balaban J connectivity index is 1.97. The van der Waals surface area contributed by atoms with Gasteiger partial charge in [-0.15, -0.1) is 11.3 Å². The summed E-state index contributed by atoms with van der Waals surface area (Å²) in [6.45, 7) is 1.92. The summed E-state index contributed by atoms with van der Waals surface area (Å²) in [4.78, 5) is 4.43. The summed E-state index contributed by atoms with van der Waals surface area (Å²) in [5.74, 6) is 0. The maximum atomic E-state index is 12.0. The van der Waals surface area contributed by atoms with Crippen LogP contribution >= 0.6 is 11.3 Å². The third kappa shape index (κ3) is 2.32. The molecule has 0 bridgehead atoms. The van der Waals surface area contributed by atoms with Crippen molar-refractivity contribution < 1.29 is 8.42 Å². The molecule has 98 valence electrons. The van der Waals surface area contributed by atoms with Gasteiger partial charge in [0.2, 0.25) is 0 Å². The van der Waals surface area contributed by atoms with E-state index in [0.717, 1.165) is 15.2 Å². The molecule has 0 radical (unpaired) electrons. The molecule has 0 saturated carbocycles. The van der Waals surface area contributed by atoms with Gasteiger partial charge in [0.05, 0.1) is 27.1 Å². The van der Waals surface area contributed by atoms with E-state index < -0.39 is 10.0 Å². The number of aromatic amines is 1. The molecule has 0 aliphatic rings. The second-order valence-electron chi connectivity index (χ2n) is 3.95. The van der Waals surface area contributed by atoms with Gasteiger partial charge in [-0.1, -0.05) is 0 Å². The Labute approximate surface area is 113 Å². The Kier molecular flexibility index (Phi) is 2.76. The van der Waals surface area contributed by atoms with Crippen molar-refractivity contribution in [2.45, 2.75) is 11.8 Å². The van der Waals surface area contributed by atoms with Gasteiger partial charge in [0.1, 0.15) is 4.90 Å². The molecule has 0 atom stereocenters. The molecule has 0 amide bonds. The van der Waals surface area contributed by atoms with Crippen LogP contribution in [0.25, 0.3) is 10.2 Å². The summed E-state index contributed by atoms with van der Waals surface area (Å²) in [6, 6.07) is 5.27. The van der Waals surface area contributed by atoms with Gasteiger partial charge in [-0.25, -0.2) is 13.4 Å². The molecule has 2 heterocycles. The van der Waals surface area contributed by atoms with E-state index in [1.54, 1.807) is 18.2 Å². The van der Waals surface area contributed by atoms with Crippen LogP contribution in [0.4, 0.5) is 5.69 Å². The van der Waals surface area contributed by atoms with Crippen LogP contribution in [0.15, 0.2) is 35.5 Å². The average molecular weight is 294 g/mol. The fraction of sp³-hybridized carbons (Fsp3) is 0.0909. The first kappa shape index (κ1) is 12.1. The average Bonchev–Trinajstić information content (AvgIpc) is 2.95. The van der Waals surface area contributed by atoms with Crippen molar-refractivity contribution in [1.82, 2.24) is 15.2 Å². The molecule has 6 nitrogen and oxygen atoms in total. The number of aromatic nitrogens is 3. The highest BCUT2D eigenvalue weighted by molar-refractivity contribution is 7.92. The molecule has 0 aliphatic heterocycles. The number of hydrogen-bond donors (Lipinski definition) is 2. The largest absolute Gasteiger partial charge is 0.284 e. The van der Waals surface area contributed by atoms with Gasteiger partial charge in [-0.2, -0.15) is 5.10 Å². The predicted molar refractivity (Wildman–Crippen MR) is 73.8 cm³/mol. The van der Waals surface area contributed by atoms with Crippen molar-refractivity contribution in [1.29, 1.82) is 0 Å². The van der Waals surface area contributed by atoms with Crippen LogP contribution in [0.1, 0.15) is 5.01 Å². The van der Waals surface area contributed by atoms with Crippen LogP contribution in [0.3, 0.4) is 0 Å². The molecular weight excluding hydrogens is 284 g/mol. The van der Waals surface area contributed by atoms with E-state index in [-0.39, 0.29) is 4.90 Å². The number of fused-ring (bicyclic) bond motifs is 1. The van der Waals surface area contributed by atoms with Crippen molar-refractivity contribution >= 4 is 37.3 Å². The van der Waals surface area contributed by atoms with Crippen LogP contribution in [0.2, 0.25) is 0 Å². The second kappa shape index (κ2) is 4.32. The number of aryl methyl sites for hydroxylation is 1. The molecule has 19 heavy (non-hydrogen) atoms. The number of sulfonamides is 1. The predicted octanol–water partition coefficient (Wildman–Crippen LogP) is 2.13. The first-order valence-corrected chi connectivity index (χ1v) is 7.73. The highest BCUT2D eigenvalue weighted by Gasteiger charge is 2.15. The number of H-pyrrole nitrogens is 1. The molecule has 8 heteroatoms. The molecule has 0 aliphatic carbocycles. The lowest BCUT2D eigenvalue weighted by Crippen LogP contribution is -2.11. The summed E-state index contributed by atoms with van der Waals surface area (Å²) >= 11 is 1.53. The van der Waals surface area contributed by atoms with Gasteiger partial charge in [0.25, 0.3) is 10.0 Å². The molecule has 0 unspecified atom stereocenters. The van der Waals surface area contributed by atoms with Crippen molar-refractivity contribution in [2.24, 2.45) is 0 Å². The van der Waals surface area contributed by atoms with Crippen molar-refractivity contribution in [3.63, 3.8) is 0 Å². The monoisotopic (exact) mass is 294 g/mol. The molecule has 3 rings (SSSR count). The third-order valence-corrected chi connectivity index (χ3v) is 4.81. The minimum absolute atomic E-state index is 0.105. The van der Waals surface area contributed by atoms with Crippen molar-refractivity contribution in [2.75, 3.05) is 4.72 Å². The Morgan fingerprint density at radius 3 is 2.95 bits per heavy atom. The Hall–Kier alpha value is -1.93. The summed E-state index contributed by atoms with van der Waals surface area (Å²) in [7, 11) is -3.59. The lowest BCUT2D eigenvalue weighted by atomic mass is 10.3. The molecule has 3 aromatic rings. The zero-order chi connectivity index (χ0) is 13.5. The van der Waals surface area contributed by atoms with E-state index in [1.165, 1.54) is 23.7 Å². The van der Waals surface area contributed by atoms with Crippen molar-refractivity contribution in [3.05, 3.63) is 35.6 Å². The van der Waals surface area contributed by atoms with Gasteiger partial charge < -0.3 is 0 Å². The number of thiazole rings is 1. The zero-order valence-electron chi connectivity index (χ0n) is 9.91. The van der Waals surface area contributed by atoms with Crippen LogP contribution < -0.4 is 4.72 Å². The standard InChI is InChI=1S/C11H10N4O2S2/c1-7-14-10-3-2-8(4-11(10)18-7)15-19(16,17)9-5-12-13-6-9/h2-6,15H,1H3,(H,12,13). The summed E-state index contributed by atoms with van der Waals surface area (Å²) < 4.78 is 27.5. The van der Waals surface area contributed by atoms with Gasteiger partial charge in [0.15, 0.2) is 0 Å². The highest BCUT2D eigenvalue weighted by atomic mass is 32.2. The Bertz CT molecular complexity index is 822. The molecular formula is C11H10N4O2S2. The number of nitrogens with zero attached hydrogens (tertiary/aromatic N) is 2. The first-order chi connectivity index (χ1) is 9.04. The van der Waals surface area contributed by atoms with E-state index in [2.05, 4.69) is 19.9 Å². The fourth-order valence-electron chi connectivity index (χ4n) is 1.70. The van der Waals surface area contributed by atoms with E-state index >= 15 is 0 Å². The maximum Gasteiger partial charge on any atom is 0.265 e. The first-order valence-electron chi connectivity index (χ1n) is 5.43. The lowest BCUT2D eigenvalue weighted by Gasteiger charge is -2.05. The van der Waals surface area contributed by atoms with Gasteiger partial charge in [0, 0.05) is 6.20 Å². The van der Waals surface area contributed by atoms with Gasteiger partial charge in [-0.3, -0.25) is 9.82 Å². The minimum atomic E-state index is -3.59. The van der Waals surface area contributed by atoms with E-state index in [9.17, 15) is 8.42 Å². The number of nitrogens with one attached hydrogen (secondary N) is 2. The number of hydrogen-bond acceptors (Lipinski definition) is 5. The summed E-state index contributed by atoms with van der Waals surface area (Å²) in [5, 5.41) is 7.06. The van der Waals surface area contributed by atoms with E-state index in [1.807, 2.05) is 6.92 Å². The van der Waals surface area contributed by atoms with Crippen LogP contribution in [-0.4, -0.2) is 23.6 Å². The summed E-state index contributed by atoms with van der Waals surface area (Å²) in [6.07, 6.45) is 2.59. The van der Waals surface area contributed by atoms with Crippen molar-refractivity contribution in [3.8, 4) is 0 Å². The molecule has 0 fully saturated rings. The molecule has 2 N–H and O–H groups in total. The lowest BCUT2D eigenvalue weighted by molar-refractivity contribution is 0.601. The minimum Gasteiger partial charge on any atom is -0.284 e. The normalized spacial score (nSPS) is 11.8. The quantitative estimate of drug-likeness (QED) is 0.774. The van der Waals surface area contributed by atoms with Gasteiger partial charge in [-0.05, 0) is 25.1 Å². The Morgan fingerprint density at radius 2 is 2.21 bits per heavy atom. The van der Waals surface area contributed by atoms with Crippen LogP contribution in [-0.2, 0) is 10.0 Å². The molecule has 0 saturated heterocycles. The van der Waals surface area contributed by atoms with Gasteiger partial charge >= 0.3 is 0 Å². The number of benzene rings is 1. The molecule has 0 spiro atoms. The third-order valence-electron chi connectivity index (χ3n) is 2.53. The number of rotatable bonds is 3. The SMILES string of the molecule is Cc1nc2ccc(NS(=O)(=O)c3cn[nH]c3)cc2s1. The fourth-order valence-corrected chi connectivity index (χ4v) is 3.52.